The van der Waals surface area contributed by atoms with E-state index in [9.17, 15) is 14.6 Å². The molecule has 0 amide bonds. The van der Waals surface area contributed by atoms with Gasteiger partial charge in [0.05, 0.1) is 18.5 Å². The summed E-state index contributed by atoms with van der Waals surface area (Å²) in [4.78, 5) is 4.97. The van der Waals surface area contributed by atoms with Crippen molar-refractivity contribution in [1.82, 2.24) is 4.68 Å². The highest BCUT2D eigenvalue weighted by molar-refractivity contribution is 7.07. The number of rotatable bonds is 5. The minimum atomic E-state index is -0.355. The first-order valence-electron chi connectivity index (χ1n) is 7.73. The number of phenolic OH excluding ortho intramolecular Hbond substituents is 2. The molecule has 1 aromatic heterocycles. The second kappa shape index (κ2) is 7.79. The fraction of sp³-hybridized carbons (Fsp3) is 0.0526. The Hall–Kier alpha value is -3.19. The maximum atomic E-state index is 14.2. The van der Waals surface area contributed by atoms with Gasteiger partial charge in [-0.25, -0.2) is 9.07 Å². The van der Waals surface area contributed by atoms with Gasteiger partial charge in [0.15, 0.2) is 11.5 Å². The molecule has 2 N–H and O–H groups in total. The number of halogens is 1. The summed E-state index contributed by atoms with van der Waals surface area (Å²) in [5.41, 5.74) is 1.55. The SMILES string of the molecule is C=CCN=c1scc(-c2ccccc2F)n1N=Cc1ccc(O)c(O)c1. The maximum Gasteiger partial charge on any atom is 0.206 e. The van der Waals surface area contributed by atoms with Crippen LogP contribution >= 0.6 is 11.3 Å². The lowest BCUT2D eigenvalue weighted by atomic mass is 10.1. The molecule has 0 radical (unpaired) electrons. The van der Waals surface area contributed by atoms with E-state index in [2.05, 4.69) is 16.7 Å². The summed E-state index contributed by atoms with van der Waals surface area (Å²) in [6.45, 7) is 4.06. The van der Waals surface area contributed by atoms with Crippen LogP contribution in [0.25, 0.3) is 11.3 Å². The Balaban J connectivity index is 2.10. The van der Waals surface area contributed by atoms with E-state index in [1.807, 2.05) is 0 Å². The fourth-order valence-corrected chi connectivity index (χ4v) is 3.10. The Morgan fingerprint density at radius 1 is 1.15 bits per heavy atom. The molecule has 132 valence electrons. The standard InChI is InChI=1S/C19H16FN3O2S/c1-2-9-21-19-23(22-11-13-7-8-17(24)18(25)10-13)16(12-26-19)14-5-3-4-6-15(14)20/h2-8,10-12,24-25H,1,9H2. The van der Waals surface area contributed by atoms with Gasteiger partial charge in [-0.05, 0) is 35.9 Å². The molecule has 0 spiro atoms. The van der Waals surface area contributed by atoms with Crippen LogP contribution < -0.4 is 4.80 Å². The van der Waals surface area contributed by atoms with Crippen LogP contribution in [-0.4, -0.2) is 27.6 Å². The second-order valence-electron chi connectivity index (χ2n) is 5.32. The van der Waals surface area contributed by atoms with Crippen LogP contribution in [0.5, 0.6) is 11.5 Å². The predicted molar refractivity (Wildman–Crippen MR) is 101 cm³/mol. The molecule has 0 unspecified atom stereocenters. The molecule has 2 aromatic carbocycles. The summed E-state index contributed by atoms with van der Waals surface area (Å²) in [6.07, 6.45) is 3.16. The first kappa shape index (κ1) is 17.6. The lowest BCUT2D eigenvalue weighted by Gasteiger charge is -2.05. The number of nitrogens with zero attached hydrogens (tertiary/aromatic N) is 3. The minimum absolute atomic E-state index is 0.209. The molecule has 0 aliphatic heterocycles. The van der Waals surface area contributed by atoms with E-state index in [1.165, 1.54) is 40.4 Å². The molecule has 0 atom stereocenters. The van der Waals surface area contributed by atoms with Crippen molar-refractivity contribution >= 4 is 17.6 Å². The zero-order valence-electron chi connectivity index (χ0n) is 13.7. The number of phenols is 2. The number of benzene rings is 2. The van der Waals surface area contributed by atoms with Gasteiger partial charge in [-0.2, -0.15) is 5.10 Å². The summed E-state index contributed by atoms with van der Waals surface area (Å²) < 4.78 is 15.7. The van der Waals surface area contributed by atoms with Gasteiger partial charge in [-0.3, -0.25) is 4.99 Å². The summed E-state index contributed by atoms with van der Waals surface area (Å²) in [7, 11) is 0. The molecular formula is C19H16FN3O2S. The second-order valence-corrected chi connectivity index (χ2v) is 6.15. The smallest absolute Gasteiger partial charge is 0.206 e. The van der Waals surface area contributed by atoms with Crippen LogP contribution in [0.2, 0.25) is 0 Å². The quantitative estimate of drug-likeness (QED) is 0.409. The van der Waals surface area contributed by atoms with Crippen LogP contribution in [0.15, 0.2) is 70.6 Å². The molecule has 3 aromatic rings. The van der Waals surface area contributed by atoms with Crippen LogP contribution in [-0.2, 0) is 0 Å². The third kappa shape index (κ3) is 3.73. The maximum absolute atomic E-state index is 14.2. The largest absolute Gasteiger partial charge is 0.504 e. The van der Waals surface area contributed by atoms with E-state index in [1.54, 1.807) is 35.7 Å². The Morgan fingerprint density at radius 3 is 2.69 bits per heavy atom. The van der Waals surface area contributed by atoms with Crippen LogP contribution in [0, 0.1) is 5.82 Å². The van der Waals surface area contributed by atoms with Crippen molar-refractivity contribution in [2.75, 3.05) is 6.54 Å². The monoisotopic (exact) mass is 369 g/mol. The minimum Gasteiger partial charge on any atom is -0.504 e. The molecule has 0 saturated heterocycles. The Kier molecular flexibility index (Phi) is 5.28. The average molecular weight is 369 g/mol. The topological polar surface area (TPSA) is 70.1 Å². The molecule has 7 heteroatoms. The Labute approximate surface area is 153 Å². The van der Waals surface area contributed by atoms with E-state index >= 15 is 0 Å². The van der Waals surface area contributed by atoms with Crippen molar-refractivity contribution in [2.24, 2.45) is 10.1 Å². The predicted octanol–water partition coefficient (Wildman–Crippen LogP) is 3.74. The van der Waals surface area contributed by atoms with Gasteiger partial charge in [0.25, 0.3) is 0 Å². The van der Waals surface area contributed by atoms with Gasteiger partial charge in [0.2, 0.25) is 4.80 Å². The van der Waals surface area contributed by atoms with Crippen LogP contribution in [0.3, 0.4) is 0 Å². The van der Waals surface area contributed by atoms with Crippen molar-refractivity contribution in [1.29, 1.82) is 0 Å². The molecule has 26 heavy (non-hydrogen) atoms. The Bertz CT molecular complexity index is 1040. The molecule has 3 rings (SSSR count). The lowest BCUT2D eigenvalue weighted by Crippen LogP contribution is -2.12. The highest BCUT2D eigenvalue weighted by atomic mass is 32.1. The van der Waals surface area contributed by atoms with Crippen molar-refractivity contribution in [3.8, 4) is 22.8 Å². The van der Waals surface area contributed by atoms with E-state index < -0.39 is 0 Å². The van der Waals surface area contributed by atoms with Gasteiger partial charge in [0, 0.05) is 10.9 Å². The number of hydrogen-bond acceptors (Lipinski definition) is 5. The summed E-state index contributed by atoms with van der Waals surface area (Å²) in [5, 5.41) is 25.2. The van der Waals surface area contributed by atoms with Crippen molar-refractivity contribution < 1.29 is 14.6 Å². The number of thiazole rings is 1. The first-order valence-corrected chi connectivity index (χ1v) is 8.61. The number of hydrogen-bond donors (Lipinski definition) is 2. The zero-order valence-corrected chi connectivity index (χ0v) is 14.5. The van der Waals surface area contributed by atoms with E-state index in [-0.39, 0.29) is 17.3 Å². The molecule has 0 saturated carbocycles. The zero-order chi connectivity index (χ0) is 18.5. The molecular weight excluding hydrogens is 353 g/mol. The highest BCUT2D eigenvalue weighted by Crippen LogP contribution is 2.25. The van der Waals surface area contributed by atoms with E-state index in [0.717, 1.165) is 0 Å². The average Bonchev–Trinajstić information content (AvgIpc) is 3.04. The molecule has 0 aliphatic rings. The normalized spacial score (nSPS) is 12.0. The third-order valence-corrected chi connectivity index (χ3v) is 4.37. The third-order valence-electron chi connectivity index (χ3n) is 3.51. The molecule has 5 nitrogen and oxygen atoms in total. The van der Waals surface area contributed by atoms with Gasteiger partial charge < -0.3 is 10.2 Å². The van der Waals surface area contributed by atoms with Gasteiger partial charge in [-0.15, -0.1) is 17.9 Å². The fourth-order valence-electron chi connectivity index (χ4n) is 2.26. The summed E-state index contributed by atoms with van der Waals surface area (Å²) in [5.74, 6) is -0.805. The molecule has 1 heterocycles. The van der Waals surface area contributed by atoms with Crippen LogP contribution in [0.1, 0.15) is 5.56 Å². The summed E-state index contributed by atoms with van der Waals surface area (Å²) >= 11 is 1.34. The van der Waals surface area contributed by atoms with E-state index in [0.29, 0.717) is 28.2 Å². The number of aromatic hydroxyl groups is 2. The lowest BCUT2D eigenvalue weighted by molar-refractivity contribution is 0.403. The van der Waals surface area contributed by atoms with Crippen molar-refractivity contribution in [3.63, 3.8) is 0 Å². The van der Waals surface area contributed by atoms with Gasteiger partial charge >= 0.3 is 0 Å². The van der Waals surface area contributed by atoms with Gasteiger partial charge in [-0.1, -0.05) is 18.2 Å². The molecule has 0 aliphatic carbocycles. The van der Waals surface area contributed by atoms with Crippen LogP contribution in [0.4, 0.5) is 4.39 Å². The van der Waals surface area contributed by atoms with Crippen molar-refractivity contribution in [3.05, 3.63) is 76.7 Å². The molecule has 0 fully saturated rings. The molecule has 0 bridgehead atoms. The highest BCUT2D eigenvalue weighted by Gasteiger charge is 2.11. The summed E-state index contributed by atoms with van der Waals surface area (Å²) in [6, 6.07) is 10.8. The number of aromatic nitrogens is 1. The van der Waals surface area contributed by atoms with E-state index in [4.69, 9.17) is 0 Å². The van der Waals surface area contributed by atoms with Crippen molar-refractivity contribution in [2.45, 2.75) is 0 Å². The first-order chi connectivity index (χ1) is 12.6. The Morgan fingerprint density at radius 2 is 1.96 bits per heavy atom. The van der Waals surface area contributed by atoms with Gasteiger partial charge in [0.1, 0.15) is 5.82 Å².